The predicted octanol–water partition coefficient (Wildman–Crippen LogP) is 2.53. The summed E-state index contributed by atoms with van der Waals surface area (Å²) in [5.74, 6) is 0.897. The summed E-state index contributed by atoms with van der Waals surface area (Å²) in [5.41, 5.74) is 10.6. The van der Waals surface area contributed by atoms with Crippen LogP contribution in [0.1, 0.15) is 5.56 Å². The third kappa shape index (κ3) is 1.54. The van der Waals surface area contributed by atoms with Crippen LogP contribution in [0.15, 0.2) is 36.5 Å². The fourth-order valence-corrected chi connectivity index (χ4v) is 2.15. The number of pyridine rings is 1. The minimum Gasteiger partial charge on any atom is -0.399 e. The van der Waals surface area contributed by atoms with Crippen LogP contribution in [0.4, 0.5) is 5.69 Å². The summed E-state index contributed by atoms with van der Waals surface area (Å²) < 4.78 is 2.00. The van der Waals surface area contributed by atoms with Crippen LogP contribution in [0.2, 0.25) is 0 Å². The van der Waals surface area contributed by atoms with Crippen LogP contribution < -0.4 is 5.73 Å². The molecule has 0 unspecified atom stereocenters. The number of benzene rings is 1. The SMILES string of the molecule is Cc1ccc(N)cc1-c1nc2cccnc2n1C. The smallest absolute Gasteiger partial charge is 0.159 e. The normalized spacial score (nSPS) is 11.0. The van der Waals surface area contributed by atoms with Gasteiger partial charge in [0.05, 0.1) is 0 Å². The highest BCUT2D eigenvalue weighted by Crippen LogP contribution is 2.26. The van der Waals surface area contributed by atoms with Gasteiger partial charge >= 0.3 is 0 Å². The monoisotopic (exact) mass is 238 g/mol. The van der Waals surface area contributed by atoms with Crippen molar-refractivity contribution in [2.45, 2.75) is 6.92 Å². The summed E-state index contributed by atoms with van der Waals surface area (Å²) in [6.07, 6.45) is 1.78. The molecule has 2 N–H and O–H groups in total. The number of rotatable bonds is 1. The van der Waals surface area contributed by atoms with E-state index in [1.165, 1.54) is 0 Å². The number of nitrogens with two attached hydrogens (primary N) is 1. The Hall–Kier alpha value is -2.36. The lowest BCUT2D eigenvalue weighted by molar-refractivity contribution is 0.940. The lowest BCUT2D eigenvalue weighted by Gasteiger charge is -2.06. The zero-order valence-electron chi connectivity index (χ0n) is 10.4. The fourth-order valence-electron chi connectivity index (χ4n) is 2.15. The standard InChI is InChI=1S/C14H14N4/c1-9-5-6-10(15)8-11(9)13-17-12-4-3-7-16-14(12)18(13)2/h3-8H,15H2,1-2H3. The molecule has 0 atom stereocenters. The molecule has 0 saturated carbocycles. The molecule has 0 aliphatic heterocycles. The number of imidazole rings is 1. The summed E-state index contributed by atoms with van der Waals surface area (Å²) >= 11 is 0. The Morgan fingerprint density at radius 1 is 1.22 bits per heavy atom. The summed E-state index contributed by atoms with van der Waals surface area (Å²) in [7, 11) is 1.97. The van der Waals surface area contributed by atoms with Crippen molar-refractivity contribution in [2.24, 2.45) is 7.05 Å². The molecule has 0 saturated heterocycles. The van der Waals surface area contributed by atoms with Crippen LogP contribution in [-0.4, -0.2) is 14.5 Å². The van der Waals surface area contributed by atoms with Gasteiger partial charge in [-0.25, -0.2) is 9.97 Å². The molecule has 3 aromatic rings. The largest absolute Gasteiger partial charge is 0.399 e. The molecule has 90 valence electrons. The van der Waals surface area contributed by atoms with Crippen molar-refractivity contribution in [1.29, 1.82) is 0 Å². The molecule has 1 aromatic carbocycles. The lowest BCUT2D eigenvalue weighted by Crippen LogP contribution is -1.96. The highest BCUT2D eigenvalue weighted by atomic mass is 15.1. The molecule has 4 heteroatoms. The third-order valence-corrected chi connectivity index (χ3v) is 3.13. The molecular formula is C14H14N4. The second-order valence-electron chi connectivity index (χ2n) is 4.41. The van der Waals surface area contributed by atoms with Gasteiger partial charge in [-0.2, -0.15) is 0 Å². The maximum absolute atomic E-state index is 5.86. The van der Waals surface area contributed by atoms with Crippen molar-refractivity contribution in [3.8, 4) is 11.4 Å². The molecule has 0 amide bonds. The molecule has 3 rings (SSSR count). The number of fused-ring (bicyclic) bond motifs is 1. The number of hydrogen-bond acceptors (Lipinski definition) is 3. The molecule has 0 aliphatic carbocycles. The summed E-state index contributed by atoms with van der Waals surface area (Å²) in [4.78, 5) is 8.98. The molecule has 0 spiro atoms. The molecule has 2 heterocycles. The fraction of sp³-hybridized carbons (Fsp3) is 0.143. The number of aryl methyl sites for hydroxylation is 2. The van der Waals surface area contributed by atoms with Gasteiger partial charge in [0.25, 0.3) is 0 Å². The van der Waals surface area contributed by atoms with E-state index >= 15 is 0 Å². The quantitative estimate of drug-likeness (QED) is 0.663. The topological polar surface area (TPSA) is 56.7 Å². The van der Waals surface area contributed by atoms with Crippen LogP contribution >= 0.6 is 0 Å². The average Bonchev–Trinajstić information content (AvgIpc) is 2.71. The zero-order valence-corrected chi connectivity index (χ0v) is 10.4. The number of aromatic nitrogens is 3. The van der Waals surface area contributed by atoms with Gasteiger partial charge in [-0.15, -0.1) is 0 Å². The first-order chi connectivity index (χ1) is 8.66. The first kappa shape index (κ1) is 10.8. The molecule has 0 aliphatic rings. The van der Waals surface area contributed by atoms with Crippen molar-refractivity contribution in [3.05, 3.63) is 42.1 Å². The van der Waals surface area contributed by atoms with E-state index in [0.717, 1.165) is 33.8 Å². The van der Waals surface area contributed by atoms with Crippen molar-refractivity contribution >= 4 is 16.9 Å². The molecule has 18 heavy (non-hydrogen) atoms. The maximum Gasteiger partial charge on any atom is 0.159 e. The Kier molecular flexibility index (Phi) is 2.30. The van der Waals surface area contributed by atoms with Crippen molar-refractivity contribution in [3.63, 3.8) is 0 Å². The van der Waals surface area contributed by atoms with E-state index in [0.29, 0.717) is 0 Å². The molecule has 0 radical (unpaired) electrons. The van der Waals surface area contributed by atoms with Crippen molar-refractivity contribution < 1.29 is 0 Å². The Morgan fingerprint density at radius 2 is 2.06 bits per heavy atom. The van der Waals surface area contributed by atoms with Gasteiger partial charge in [0.15, 0.2) is 5.65 Å². The van der Waals surface area contributed by atoms with Crippen LogP contribution in [0.3, 0.4) is 0 Å². The van der Waals surface area contributed by atoms with Gasteiger partial charge in [-0.05, 0) is 36.8 Å². The van der Waals surface area contributed by atoms with E-state index in [4.69, 9.17) is 5.73 Å². The minimum atomic E-state index is 0.746. The highest BCUT2D eigenvalue weighted by Gasteiger charge is 2.12. The number of anilines is 1. The van der Waals surface area contributed by atoms with Gasteiger partial charge in [0.1, 0.15) is 11.3 Å². The van der Waals surface area contributed by atoms with E-state index in [2.05, 4.69) is 16.9 Å². The predicted molar refractivity (Wildman–Crippen MR) is 73.1 cm³/mol. The number of nitrogens with zero attached hydrogens (tertiary/aromatic N) is 3. The molecule has 0 fully saturated rings. The molecule has 0 bridgehead atoms. The van der Waals surface area contributed by atoms with Gasteiger partial charge in [-0.1, -0.05) is 6.07 Å². The van der Waals surface area contributed by atoms with Gasteiger partial charge in [-0.3, -0.25) is 0 Å². The summed E-state index contributed by atoms with van der Waals surface area (Å²) in [5, 5.41) is 0. The van der Waals surface area contributed by atoms with E-state index in [-0.39, 0.29) is 0 Å². The average molecular weight is 238 g/mol. The van der Waals surface area contributed by atoms with Gasteiger partial charge in [0.2, 0.25) is 0 Å². The first-order valence-corrected chi connectivity index (χ1v) is 5.81. The van der Waals surface area contributed by atoms with Crippen molar-refractivity contribution in [1.82, 2.24) is 14.5 Å². The van der Waals surface area contributed by atoms with Gasteiger partial charge < -0.3 is 10.3 Å². The molecular weight excluding hydrogens is 224 g/mol. The minimum absolute atomic E-state index is 0.746. The van der Waals surface area contributed by atoms with E-state index in [1.54, 1.807) is 6.20 Å². The Balaban J connectivity index is 2.31. The van der Waals surface area contributed by atoms with E-state index < -0.39 is 0 Å². The molecule has 4 nitrogen and oxygen atoms in total. The maximum atomic E-state index is 5.86. The van der Waals surface area contributed by atoms with Crippen LogP contribution in [0, 0.1) is 6.92 Å². The lowest BCUT2D eigenvalue weighted by atomic mass is 10.1. The second kappa shape index (κ2) is 3.84. The van der Waals surface area contributed by atoms with Crippen molar-refractivity contribution in [2.75, 3.05) is 5.73 Å². The van der Waals surface area contributed by atoms with Gasteiger partial charge in [0, 0.05) is 24.5 Å². The Morgan fingerprint density at radius 3 is 2.83 bits per heavy atom. The summed E-state index contributed by atoms with van der Waals surface area (Å²) in [6.45, 7) is 2.06. The van der Waals surface area contributed by atoms with Crippen LogP contribution in [0.25, 0.3) is 22.6 Å². The summed E-state index contributed by atoms with van der Waals surface area (Å²) in [6, 6.07) is 9.73. The Labute approximate surface area is 105 Å². The highest BCUT2D eigenvalue weighted by molar-refractivity contribution is 5.78. The van der Waals surface area contributed by atoms with E-state index in [1.807, 2.05) is 41.9 Å². The Bertz CT molecular complexity index is 728. The van der Waals surface area contributed by atoms with E-state index in [9.17, 15) is 0 Å². The number of nitrogen functional groups attached to an aromatic ring is 1. The number of hydrogen-bond donors (Lipinski definition) is 1. The van der Waals surface area contributed by atoms with Crippen LogP contribution in [-0.2, 0) is 7.05 Å². The molecule has 2 aromatic heterocycles. The zero-order chi connectivity index (χ0) is 12.7. The van der Waals surface area contributed by atoms with Crippen LogP contribution in [0.5, 0.6) is 0 Å². The third-order valence-electron chi connectivity index (χ3n) is 3.13. The first-order valence-electron chi connectivity index (χ1n) is 5.81. The second-order valence-corrected chi connectivity index (χ2v) is 4.41.